The molecule has 1 amide bonds. The van der Waals surface area contributed by atoms with Crippen LogP contribution in [-0.2, 0) is 9.59 Å². The number of piperidine rings is 1. The van der Waals surface area contributed by atoms with Crippen LogP contribution >= 0.6 is 0 Å². The molecule has 21 heavy (non-hydrogen) atoms. The lowest BCUT2D eigenvalue weighted by Gasteiger charge is -2.30. The zero-order chi connectivity index (χ0) is 15.4. The SMILES string of the molecule is Cc1cccc(C)c1OCC(=O)N1CCC[C@H](C(=O)O)C1. The van der Waals surface area contributed by atoms with Gasteiger partial charge in [-0.3, -0.25) is 9.59 Å². The average molecular weight is 291 g/mol. The Morgan fingerprint density at radius 1 is 1.33 bits per heavy atom. The number of hydrogen-bond donors (Lipinski definition) is 1. The maximum Gasteiger partial charge on any atom is 0.308 e. The Morgan fingerprint density at radius 3 is 2.62 bits per heavy atom. The van der Waals surface area contributed by atoms with Gasteiger partial charge in [0.25, 0.3) is 5.91 Å². The lowest BCUT2D eigenvalue weighted by Crippen LogP contribution is -2.44. The quantitative estimate of drug-likeness (QED) is 0.921. The van der Waals surface area contributed by atoms with E-state index in [9.17, 15) is 9.59 Å². The van der Waals surface area contributed by atoms with Gasteiger partial charge in [0.05, 0.1) is 5.92 Å². The number of rotatable bonds is 4. The van der Waals surface area contributed by atoms with Gasteiger partial charge < -0.3 is 14.7 Å². The molecule has 0 bridgehead atoms. The summed E-state index contributed by atoms with van der Waals surface area (Å²) in [5.74, 6) is -0.702. The molecule has 1 heterocycles. The molecule has 1 atom stereocenters. The molecule has 1 saturated heterocycles. The Hall–Kier alpha value is -2.04. The molecule has 1 aliphatic heterocycles. The van der Waals surface area contributed by atoms with Crippen LogP contribution in [0.2, 0.25) is 0 Å². The van der Waals surface area contributed by atoms with Crippen LogP contribution in [0.1, 0.15) is 24.0 Å². The zero-order valence-electron chi connectivity index (χ0n) is 12.5. The summed E-state index contributed by atoms with van der Waals surface area (Å²) in [4.78, 5) is 24.8. The molecule has 5 nitrogen and oxygen atoms in total. The van der Waals surface area contributed by atoms with E-state index in [1.54, 1.807) is 4.90 Å². The summed E-state index contributed by atoms with van der Waals surface area (Å²) in [6, 6.07) is 5.82. The molecule has 0 spiro atoms. The number of carbonyl (C=O) groups is 2. The number of carboxylic acids is 1. The first-order valence-corrected chi connectivity index (χ1v) is 7.18. The van der Waals surface area contributed by atoms with Gasteiger partial charge in [-0.05, 0) is 37.8 Å². The number of aryl methyl sites for hydroxylation is 2. The summed E-state index contributed by atoms with van der Waals surface area (Å²) in [6.07, 6.45) is 1.36. The van der Waals surface area contributed by atoms with Crippen LogP contribution in [0.5, 0.6) is 5.75 Å². The molecule has 1 aromatic rings. The maximum atomic E-state index is 12.2. The Labute approximate surface area is 124 Å². The molecule has 5 heteroatoms. The molecular weight excluding hydrogens is 270 g/mol. The van der Waals surface area contributed by atoms with Gasteiger partial charge in [0.1, 0.15) is 5.75 Å². The van der Waals surface area contributed by atoms with E-state index < -0.39 is 11.9 Å². The monoisotopic (exact) mass is 291 g/mol. The highest BCUT2D eigenvalue weighted by atomic mass is 16.5. The van der Waals surface area contributed by atoms with Crippen LogP contribution in [0.3, 0.4) is 0 Å². The van der Waals surface area contributed by atoms with Crippen molar-refractivity contribution >= 4 is 11.9 Å². The number of hydrogen-bond acceptors (Lipinski definition) is 3. The third kappa shape index (κ3) is 3.74. The van der Waals surface area contributed by atoms with Gasteiger partial charge in [-0.25, -0.2) is 0 Å². The highest BCUT2D eigenvalue weighted by Gasteiger charge is 2.28. The van der Waals surface area contributed by atoms with E-state index in [0.717, 1.165) is 23.3 Å². The van der Waals surface area contributed by atoms with Crippen molar-refractivity contribution < 1.29 is 19.4 Å². The van der Waals surface area contributed by atoms with Crippen molar-refractivity contribution in [3.63, 3.8) is 0 Å². The van der Waals surface area contributed by atoms with E-state index in [4.69, 9.17) is 9.84 Å². The molecule has 114 valence electrons. The summed E-state index contributed by atoms with van der Waals surface area (Å²) in [7, 11) is 0. The normalized spacial score (nSPS) is 18.4. The highest BCUT2D eigenvalue weighted by Crippen LogP contribution is 2.23. The molecular formula is C16H21NO4. The summed E-state index contributed by atoms with van der Waals surface area (Å²) in [5, 5.41) is 9.05. The fraction of sp³-hybridized carbons (Fsp3) is 0.500. The minimum absolute atomic E-state index is 0.0436. The fourth-order valence-electron chi connectivity index (χ4n) is 2.66. The summed E-state index contributed by atoms with van der Waals surface area (Å²) in [6.45, 7) is 4.73. The van der Waals surface area contributed by atoms with Crippen LogP contribution < -0.4 is 4.74 Å². The molecule has 2 rings (SSSR count). The Balaban J connectivity index is 1.94. The van der Waals surface area contributed by atoms with Crippen LogP contribution in [0, 0.1) is 19.8 Å². The number of para-hydroxylation sites is 1. The number of likely N-dealkylation sites (tertiary alicyclic amines) is 1. The largest absolute Gasteiger partial charge is 0.483 e. The van der Waals surface area contributed by atoms with Crippen molar-refractivity contribution in [2.75, 3.05) is 19.7 Å². The smallest absolute Gasteiger partial charge is 0.308 e. The van der Waals surface area contributed by atoms with Gasteiger partial charge >= 0.3 is 5.97 Å². The number of carbonyl (C=O) groups excluding carboxylic acids is 1. The first-order chi connectivity index (χ1) is 9.99. The van der Waals surface area contributed by atoms with E-state index in [1.807, 2.05) is 32.0 Å². The van der Waals surface area contributed by atoms with Gasteiger partial charge in [-0.15, -0.1) is 0 Å². The van der Waals surface area contributed by atoms with E-state index >= 15 is 0 Å². The predicted molar refractivity (Wildman–Crippen MR) is 78.4 cm³/mol. The van der Waals surface area contributed by atoms with E-state index in [-0.39, 0.29) is 19.1 Å². The molecule has 1 N–H and O–H groups in total. The summed E-state index contributed by atoms with van der Waals surface area (Å²) >= 11 is 0. The van der Waals surface area contributed by atoms with Gasteiger partial charge in [-0.1, -0.05) is 18.2 Å². The Kier molecular flexibility index (Phi) is 4.83. The minimum Gasteiger partial charge on any atom is -0.483 e. The van der Waals surface area contributed by atoms with Crippen LogP contribution in [0.25, 0.3) is 0 Å². The maximum absolute atomic E-state index is 12.2. The van der Waals surface area contributed by atoms with E-state index in [2.05, 4.69) is 0 Å². The second-order valence-electron chi connectivity index (χ2n) is 5.53. The third-order valence-corrected chi connectivity index (χ3v) is 3.87. The van der Waals surface area contributed by atoms with E-state index in [0.29, 0.717) is 13.0 Å². The zero-order valence-corrected chi connectivity index (χ0v) is 12.5. The minimum atomic E-state index is -0.830. The van der Waals surface area contributed by atoms with Crippen LogP contribution in [-0.4, -0.2) is 41.6 Å². The molecule has 0 saturated carbocycles. The number of aliphatic carboxylic acids is 1. The van der Waals surface area contributed by atoms with Crippen molar-refractivity contribution in [2.45, 2.75) is 26.7 Å². The van der Waals surface area contributed by atoms with Crippen molar-refractivity contribution in [2.24, 2.45) is 5.92 Å². The third-order valence-electron chi connectivity index (χ3n) is 3.87. The molecule has 1 aromatic carbocycles. The van der Waals surface area contributed by atoms with Gasteiger partial charge in [0.2, 0.25) is 0 Å². The van der Waals surface area contributed by atoms with Crippen LogP contribution in [0.4, 0.5) is 0 Å². The topological polar surface area (TPSA) is 66.8 Å². The summed E-state index contributed by atoms with van der Waals surface area (Å²) < 4.78 is 5.64. The van der Waals surface area contributed by atoms with Crippen molar-refractivity contribution in [3.8, 4) is 5.75 Å². The second-order valence-corrected chi connectivity index (χ2v) is 5.53. The van der Waals surface area contributed by atoms with Crippen molar-refractivity contribution in [3.05, 3.63) is 29.3 Å². The number of carboxylic acid groups (broad SMARTS) is 1. The van der Waals surface area contributed by atoms with Gasteiger partial charge in [-0.2, -0.15) is 0 Å². The predicted octanol–water partition coefficient (Wildman–Crippen LogP) is 2.01. The molecule has 0 radical (unpaired) electrons. The average Bonchev–Trinajstić information content (AvgIpc) is 2.46. The summed E-state index contributed by atoms with van der Waals surface area (Å²) in [5.41, 5.74) is 1.98. The molecule has 1 fully saturated rings. The van der Waals surface area contributed by atoms with Gasteiger partial charge in [0, 0.05) is 13.1 Å². The fourth-order valence-corrected chi connectivity index (χ4v) is 2.66. The Bertz CT molecular complexity index is 521. The number of ether oxygens (including phenoxy) is 1. The molecule has 0 aliphatic carbocycles. The van der Waals surface area contributed by atoms with Gasteiger partial charge in [0.15, 0.2) is 6.61 Å². The Morgan fingerprint density at radius 2 is 2.00 bits per heavy atom. The lowest BCUT2D eigenvalue weighted by molar-refractivity contribution is -0.146. The first kappa shape index (κ1) is 15.4. The molecule has 0 unspecified atom stereocenters. The lowest BCUT2D eigenvalue weighted by atomic mass is 9.98. The molecule has 1 aliphatic rings. The number of benzene rings is 1. The first-order valence-electron chi connectivity index (χ1n) is 7.18. The second kappa shape index (κ2) is 6.61. The van der Waals surface area contributed by atoms with Crippen molar-refractivity contribution in [1.29, 1.82) is 0 Å². The number of amides is 1. The number of nitrogens with zero attached hydrogens (tertiary/aromatic N) is 1. The van der Waals surface area contributed by atoms with Crippen molar-refractivity contribution in [1.82, 2.24) is 4.90 Å². The molecule has 0 aromatic heterocycles. The van der Waals surface area contributed by atoms with E-state index in [1.165, 1.54) is 0 Å². The highest BCUT2D eigenvalue weighted by molar-refractivity contribution is 5.79. The van der Waals surface area contributed by atoms with Crippen LogP contribution in [0.15, 0.2) is 18.2 Å². The standard InChI is InChI=1S/C16H21NO4/c1-11-5-3-6-12(2)15(11)21-10-14(18)17-8-4-7-13(9-17)16(19)20/h3,5-6,13H,4,7-10H2,1-2H3,(H,19,20)/t13-/m0/s1.